The molecule has 0 spiro atoms. The summed E-state index contributed by atoms with van der Waals surface area (Å²) in [5.41, 5.74) is 7.61. The molecule has 0 aromatic heterocycles. The third-order valence-electron chi connectivity index (χ3n) is 2.80. The van der Waals surface area contributed by atoms with Gasteiger partial charge in [0.05, 0.1) is 4.47 Å². The maximum atomic E-state index is 13.8. The zero-order valence-corrected chi connectivity index (χ0v) is 12.6. The Bertz CT molecular complexity index is 617. The standard InChI is InChI=1S/C14H12BrF2NS/c1-8-3-2-4-12(14(8)18)19-7-9-11(16)6-5-10(15)13(9)17/h2-6H,7,18H2,1H3. The molecule has 0 bridgehead atoms. The van der Waals surface area contributed by atoms with Crippen LogP contribution in [0.25, 0.3) is 0 Å². The van der Waals surface area contributed by atoms with E-state index in [1.165, 1.54) is 23.9 Å². The molecular formula is C14H12BrF2NS. The van der Waals surface area contributed by atoms with Gasteiger partial charge >= 0.3 is 0 Å². The van der Waals surface area contributed by atoms with E-state index in [4.69, 9.17) is 5.73 Å². The van der Waals surface area contributed by atoms with Crippen LogP contribution in [-0.2, 0) is 5.75 Å². The van der Waals surface area contributed by atoms with Crippen molar-refractivity contribution < 1.29 is 8.78 Å². The van der Waals surface area contributed by atoms with Crippen LogP contribution in [-0.4, -0.2) is 0 Å². The summed E-state index contributed by atoms with van der Waals surface area (Å²) in [5, 5.41) is 0. The number of nitrogens with two attached hydrogens (primary N) is 1. The number of nitrogen functional groups attached to an aromatic ring is 1. The molecule has 0 radical (unpaired) electrons. The highest BCUT2D eigenvalue weighted by atomic mass is 79.9. The fourth-order valence-corrected chi connectivity index (χ4v) is 3.06. The second-order valence-corrected chi connectivity index (χ2v) is 5.97. The van der Waals surface area contributed by atoms with E-state index in [9.17, 15) is 8.78 Å². The number of hydrogen-bond donors (Lipinski definition) is 1. The Morgan fingerprint density at radius 2 is 1.95 bits per heavy atom. The first-order valence-corrected chi connectivity index (χ1v) is 7.39. The van der Waals surface area contributed by atoms with Gasteiger partial charge in [0.25, 0.3) is 0 Å². The highest BCUT2D eigenvalue weighted by molar-refractivity contribution is 9.10. The summed E-state index contributed by atoms with van der Waals surface area (Å²) in [6.07, 6.45) is 0. The van der Waals surface area contributed by atoms with Gasteiger partial charge < -0.3 is 5.73 Å². The summed E-state index contributed by atoms with van der Waals surface area (Å²) in [6.45, 7) is 1.90. The molecular weight excluding hydrogens is 332 g/mol. The average molecular weight is 344 g/mol. The van der Waals surface area contributed by atoms with E-state index in [-0.39, 0.29) is 15.8 Å². The van der Waals surface area contributed by atoms with E-state index < -0.39 is 11.6 Å². The third kappa shape index (κ3) is 3.09. The van der Waals surface area contributed by atoms with Crippen LogP contribution < -0.4 is 5.73 Å². The van der Waals surface area contributed by atoms with Gasteiger partial charge in [0.15, 0.2) is 0 Å². The van der Waals surface area contributed by atoms with Gasteiger partial charge in [0.2, 0.25) is 0 Å². The lowest BCUT2D eigenvalue weighted by Crippen LogP contribution is -1.96. The summed E-state index contributed by atoms with van der Waals surface area (Å²) in [7, 11) is 0. The number of anilines is 1. The maximum Gasteiger partial charge on any atom is 0.144 e. The Kier molecular flexibility index (Phi) is 4.47. The second kappa shape index (κ2) is 5.92. The normalized spacial score (nSPS) is 10.7. The van der Waals surface area contributed by atoms with Gasteiger partial charge in [-0.15, -0.1) is 11.8 Å². The number of rotatable bonds is 3. The molecule has 2 N–H and O–H groups in total. The molecule has 0 saturated carbocycles. The van der Waals surface area contributed by atoms with Gasteiger partial charge in [-0.3, -0.25) is 0 Å². The van der Waals surface area contributed by atoms with Crippen LogP contribution in [0, 0.1) is 18.6 Å². The molecule has 0 saturated heterocycles. The lowest BCUT2D eigenvalue weighted by atomic mass is 10.2. The zero-order valence-electron chi connectivity index (χ0n) is 10.2. The van der Waals surface area contributed by atoms with Crippen LogP contribution in [0.3, 0.4) is 0 Å². The van der Waals surface area contributed by atoms with Crippen LogP contribution in [0.4, 0.5) is 14.5 Å². The van der Waals surface area contributed by atoms with Crippen molar-refractivity contribution in [3.63, 3.8) is 0 Å². The van der Waals surface area contributed by atoms with Crippen LogP contribution >= 0.6 is 27.7 Å². The Morgan fingerprint density at radius 3 is 2.68 bits per heavy atom. The quantitative estimate of drug-likeness (QED) is 0.486. The van der Waals surface area contributed by atoms with E-state index in [0.29, 0.717) is 5.69 Å². The summed E-state index contributed by atoms with van der Waals surface area (Å²) in [5.74, 6) is -0.900. The van der Waals surface area contributed by atoms with E-state index in [2.05, 4.69) is 15.9 Å². The van der Waals surface area contributed by atoms with Crippen molar-refractivity contribution in [1.29, 1.82) is 0 Å². The van der Waals surface area contributed by atoms with E-state index in [1.54, 1.807) is 0 Å². The SMILES string of the molecule is Cc1cccc(SCc2c(F)ccc(Br)c2F)c1N. The molecule has 19 heavy (non-hydrogen) atoms. The predicted molar refractivity (Wildman–Crippen MR) is 79.2 cm³/mol. The fraction of sp³-hybridized carbons (Fsp3) is 0.143. The van der Waals surface area contributed by atoms with Gasteiger partial charge in [-0.2, -0.15) is 0 Å². The minimum Gasteiger partial charge on any atom is -0.398 e. The lowest BCUT2D eigenvalue weighted by molar-refractivity contribution is 0.562. The summed E-state index contributed by atoms with van der Waals surface area (Å²) >= 11 is 4.38. The van der Waals surface area contributed by atoms with Gasteiger partial charge in [-0.05, 0) is 46.6 Å². The Morgan fingerprint density at radius 1 is 1.21 bits per heavy atom. The van der Waals surface area contributed by atoms with Crippen molar-refractivity contribution in [1.82, 2.24) is 0 Å². The van der Waals surface area contributed by atoms with Crippen LogP contribution in [0.5, 0.6) is 0 Å². The number of hydrogen-bond acceptors (Lipinski definition) is 2. The summed E-state index contributed by atoms with van der Waals surface area (Å²) in [4.78, 5) is 0.832. The predicted octanol–water partition coefficient (Wildman–Crippen LogP) is 4.91. The first kappa shape index (κ1) is 14.3. The third-order valence-corrected chi connectivity index (χ3v) is 4.51. The Labute approximate surface area is 123 Å². The molecule has 1 nitrogen and oxygen atoms in total. The van der Waals surface area contributed by atoms with Crippen LogP contribution in [0.15, 0.2) is 39.7 Å². The second-order valence-electron chi connectivity index (χ2n) is 4.10. The largest absolute Gasteiger partial charge is 0.398 e. The van der Waals surface area contributed by atoms with Crippen molar-refractivity contribution in [3.05, 3.63) is 57.6 Å². The van der Waals surface area contributed by atoms with Gasteiger partial charge in [0, 0.05) is 21.9 Å². The maximum absolute atomic E-state index is 13.8. The molecule has 0 unspecified atom stereocenters. The summed E-state index contributed by atoms with van der Waals surface area (Å²) in [6, 6.07) is 8.24. The molecule has 0 fully saturated rings. The number of aryl methyl sites for hydroxylation is 1. The van der Waals surface area contributed by atoms with Crippen LogP contribution in [0.2, 0.25) is 0 Å². The molecule has 0 heterocycles. The van der Waals surface area contributed by atoms with Crippen molar-refractivity contribution in [2.45, 2.75) is 17.6 Å². The van der Waals surface area contributed by atoms with Crippen molar-refractivity contribution in [2.75, 3.05) is 5.73 Å². The average Bonchev–Trinajstić information content (AvgIpc) is 2.39. The Hall–Kier alpha value is -1.07. The fourth-order valence-electron chi connectivity index (χ4n) is 1.63. The lowest BCUT2D eigenvalue weighted by Gasteiger charge is -2.09. The van der Waals surface area contributed by atoms with Crippen molar-refractivity contribution in [3.8, 4) is 0 Å². The highest BCUT2D eigenvalue weighted by Gasteiger charge is 2.13. The molecule has 0 atom stereocenters. The number of halogens is 3. The molecule has 0 aliphatic rings. The van der Waals surface area contributed by atoms with Crippen molar-refractivity contribution >= 4 is 33.4 Å². The molecule has 2 aromatic carbocycles. The molecule has 100 valence electrons. The number of thioether (sulfide) groups is 1. The molecule has 0 aliphatic carbocycles. The number of para-hydroxylation sites is 1. The molecule has 2 rings (SSSR count). The smallest absolute Gasteiger partial charge is 0.144 e. The highest BCUT2D eigenvalue weighted by Crippen LogP contribution is 2.32. The van der Waals surface area contributed by atoms with E-state index in [0.717, 1.165) is 10.5 Å². The Balaban J connectivity index is 2.24. The minimum atomic E-state index is -0.557. The van der Waals surface area contributed by atoms with Gasteiger partial charge in [0.1, 0.15) is 11.6 Å². The molecule has 5 heteroatoms. The zero-order chi connectivity index (χ0) is 14.0. The van der Waals surface area contributed by atoms with E-state index in [1.807, 2.05) is 25.1 Å². The van der Waals surface area contributed by atoms with E-state index >= 15 is 0 Å². The van der Waals surface area contributed by atoms with Gasteiger partial charge in [-0.1, -0.05) is 12.1 Å². The molecule has 0 aliphatic heterocycles. The number of benzene rings is 2. The van der Waals surface area contributed by atoms with Crippen molar-refractivity contribution in [2.24, 2.45) is 0 Å². The molecule has 2 aromatic rings. The van der Waals surface area contributed by atoms with Gasteiger partial charge in [-0.25, -0.2) is 8.78 Å². The topological polar surface area (TPSA) is 26.0 Å². The minimum absolute atomic E-state index is 0.0558. The first-order valence-electron chi connectivity index (χ1n) is 5.61. The van der Waals surface area contributed by atoms with Crippen LogP contribution in [0.1, 0.15) is 11.1 Å². The first-order chi connectivity index (χ1) is 9.00. The molecule has 0 amide bonds. The summed E-state index contributed by atoms with van der Waals surface area (Å²) < 4.78 is 27.7. The monoisotopic (exact) mass is 343 g/mol.